The summed E-state index contributed by atoms with van der Waals surface area (Å²) >= 11 is 0. The zero-order valence-electron chi connectivity index (χ0n) is 5.87. The van der Waals surface area contributed by atoms with Crippen molar-refractivity contribution >= 4 is 50.4 Å². The molecule has 0 aliphatic rings. The molecule has 0 atom stereocenters. The van der Waals surface area contributed by atoms with Crippen LogP contribution in [0.3, 0.4) is 0 Å². The van der Waals surface area contributed by atoms with Crippen LogP contribution in [0.2, 0.25) is 0 Å². The molecule has 0 radical (unpaired) electrons. The van der Waals surface area contributed by atoms with Crippen molar-refractivity contribution in [2.75, 3.05) is 0 Å². The minimum atomic E-state index is -4.55. The molecule has 0 bridgehead atoms. The molecule has 0 fully saturated rings. The topological polar surface area (TPSA) is 186 Å². The Balaban J connectivity index is -0.000000180. The molecule has 0 aliphatic heterocycles. The molecule has 0 aromatic rings. The van der Waals surface area contributed by atoms with Crippen molar-refractivity contribution in [1.29, 1.82) is 0 Å². The van der Waals surface area contributed by atoms with E-state index in [1.165, 1.54) is 0 Å². The van der Waals surface area contributed by atoms with Gasteiger partial charge in [-0.25, -0.2) is 21.0 Å². The van der Waals surface area contributed by atoms with Crippen molar-refractivity contribution < 1.29 is 55.2 Å². The van der Waals surface area contributed by atoms with Gasteiger partial charge in [-0.1, -0.05) is 17.3 Å². The molecule has 0 aromatic carbocycles. The summed E-state index contributed by atoms with van der Waals surface area (Å²) in [6.07, 6.45) is 0. The summed E-state index contributed by atoms with van der Waals surface area (Å²) < 4.78 is 48.0. The number of rotatable bonds is 4. The fraction of sp³-hybridized carbons (Fsp3) is 0. The molecule has 0 rings (SSSR count). The van der Waals surface area contributed by atoms with Gasteiger partial charge in [0.1, 0.15) is 0 Å². The first-order chi connectivity index (χ1) is 6.24. The molecule has 0 amide bonds. The molecule has 0 heterocycles. The Hall–Kier alpha value is 0.580. The zero-order valence-corrected chi connectivity index (χ0v) is 7.50. The fourth-order valence-corrected chi connectivity index (χ4v) is 0.0816. The number of hydrogen-bond acceptors (Lipinski definition) is 12. The van der Waals surface area contributed by atoms with Crippen molar-refractivity contribution in [3.05, 3.63) is 0 Å². The van der Waals surface area contributed by atoms with Gasteiger partial charge in [0.2, 0.25) is 0 Å². The standard InChI is InChI=1S/Na.2H2O6S.H/c;2*1-5-7(3,4)6-2;/h;2*1-2H;. The van der Waals surface area contributed by atoms with Gasteiger partial charge in [-0.3, -0.25) is 0 Å². The van der Waals surface area contributed by atoms with Crippen molar-refractivity contribution in [2.24, 2.45) is 0 Å². The summed E-state index contributed by atoms with van der Waals surface area (Å²) in [5.74, 6) is 0. The Labute approximate surface area is 105 Å². The molecule has 0 saturated carbocycles. The van der Waals surface area contributed by atoms with Crippen molar-refractivity contribution in [3.63, 3.8) is 0 Å². The monoisotopic (exact) mass is 284 g/mol. The SMILES string of the molecule is O=S(=O)(OO)OO.O=S(=O)(OO)OO.[NaH]. The van der Waals surface area contributed by atoms with Gasteiger partial charge in [-0.05, 0) is 0 Å². The Morgan fingerprint density at radius 3 is 0.733 bits per heavy atom. The molecule has 0 saturated heterocycles. The van der Waals surface area contributed by atoms with Crippen LogP contribution < -0.4 is 0 Å². The van der Waals surface area contributed by atoms with Gasteiger partial charge in [-0.15, -0.1) is 0 Å². The first-order valence-corrected chi connectivity index (χ1v) is 4.73. The van der Waals surface area contributed by atoms with E-state index in [0.29, 0.717) is 0 Å². The molecule has 15 heavy (non-hydrogen) atoms. The van der Waals surface area contributed by atoms with E-state index in [4.69, 9.17) is 21.0 Å². The molecular formula is H5NaO12S2. The third kappa shape index (κ3) is 14.6. The summed E-state index contributed by atoms with van der Waals surface area (Å²) in [5.41, 5.74) is 0. The average Bonchev–Trinajstić information content (AvgIpc) is 2.19. The van der Waals surface area contributed by atoms with E-state index < -0.39 is 20.8 Å². The average molecular weight is 284 g/mol. The van der Waals surface area contributed by atoms with Crippen molar-refractivity contribution in [2.45, 2.75) is 0 Å². The fourth-order valence-electron chi connectivity index (χ4n) is 0.0272. The van der Waals surface area contributed by atoms with Gasteiger partial charge < -0.3 is 0 Å². The van der Waals surface area contributed by atoms with Crippen LogP contribution in [0.4, 0.5) is 0 Å². The quantitative estimate of drug-likeness (QED) is 0.247. The predicted octanol–water partition coefficient (Wildman–Crippen LogP) is -2.23. The summed E-state index contributed by atoms with van der Waals surface area (Å²) in [4.78, 5) is 0. The molecule has 12 nitrogen and oxygen atoms in total. The van der Waals surface area contributed by atoms with E-state index in [1.807, 2.05) is 0 Å². The predicted molar refractivity (Wildman–Crippen MR) is 39.8 cm³/mol. The van der Waals surface area contributed by atoms with E-state index in [2.05, 4.69) is 17.3 Å². The normalized spacial score (nSPS) is 10.9. The van der Waals surface area contributed by atoms with Gasteiger partial charge in [0.05, 0.1) is 0 Å². The summed E-state index contributed by atoms with van der Waals surface area (Å²) in [5, 5.41) is 28.9. The molecule has 0 spiro atoms. The van der Waals surface area contributed by atoms with Crippen molar-refractivity contribution in [3.8, 4) is 0 Å². The second-order valence-electron chi connectivity index (χ2n) is 1.11. The third-order valence-corrected chi connectivity index (χ3v) is 1.10. The van der Waals surface area contributed by atoms with Crippen LogP contribution in [-0.2, 0) is 38.1 Å². The maximum absolute atomic E-state index is 9.42. The second-order valence-corrected chi connectivity index (χ2v) is 3.34. The van der Waals surface area contributed by atoms with Crippen LogP contribution in [0.25, 0.3) is 0 Å². The Kier molecular flexibility index (Phi) is 13.6. The minimum absolute atomic E-state index is 0. The van der Waals surface area contributed by atoms with Crippen LogP contribution in [0, 0.1) is 0 Å². The molecular weight excluding hydrogens is 279 g/mol. The maximum atomic E-state index is 9.42. The molecule has 90 valence electrons. The van der Waals surface area contributed by atoms with Crippen LogP contribution in [0.5, 0.6) is 0 Å². The van der Waals surface area contributed by atoms with Crippen LogP contribution in [0.1, 0.15) is 0 Å². The second kappa shape index (κ2) is 9.78. The van der Waals surface area contributed by atoms with Gasteiger partial charge in [0, 0.05) is 0 Å². The first-order valence-electron chi connectivity index (χ1n) is 2.06. The van der Waals surface area contributed by atoms with E-state index in [9.17, 15) is 16.8 Å². The van der Waals surface area contributed by atoms with E-state index in [0.717, 1.165) is 0 Å². The molecule has 0 aromatic heterocycles. The van der Waals surface area contributed by atoms with E-state index >= 15 is 0 Å². The zero-order chi connectivity index (χ0) is 11.8. The first kappa shape index (κ1) is 20.9. The molecule has 4 N–H and O–H groups in total. The summed E-state index contributed by atoms with van der Waals surface area (Å²) in [6, 6.07) is 0. The van der Waals surface area contributed by atoms with Gasteiger partial charge >= 0.3 is 50.4 Å². The van der Waals surface area contributed by atoms with Crippen LogP contribution in [0.15, 0.2) is 0 Å². The Morgan fingerprint density at radius 1 is 0.600 bits per heavy atom. The van der Waals surface area contributed by atoms with Crippen LogP contribution in [-0.4, -0.2) is 67.4 Å². The molecule has 0 unspecified atom stereocenters. The van der Waals surface area contributed by atoms with Gasteiger partial charge in [0.25, 0.3) is 0 Å². The number of hydrogen-bond donors (Lipinski definition) is 4. The third-order valence-electron chi connectivity index (χ3n) is 0.365. The van der Waals surface area contributed by atoms with Gasteiger partial charge in [0.15, 0.2) is 0 Å². The van der Waals surface area contributed by atoms with E-state index in [1.54, 1.807) is 0 Å². The summed E-state index contributed by atoms with van der Waals surface area (Å²) in [7, 11) is -9.09. The Morgan fingerprint density at radius 2 is 0.733 bits per heavy atom. The molecule has 0 aliphatic carbocycles. The van der Waals surface area contributed by atoms with Gasteiger partial charge in [-0.2, -0.15) is 16.8 Å². The summed E-state index contributed by atoms with van der Waals surface area (Å²) in [6.45, 7) is 0. The molecule has 15 heteroatoms. The van der Waals surface area contributed by atoms with Crippen molar-refractivity contribution in [1.82, 2.24) is 0 Å². The van der Waals surface area contributed by atoms with Crippen LogP contribution >= 0.6 is 0 Å². The van der Waals surface area contributed by atoms with E-state index in [-0.39, 0.29) is 29.6 Å². The Bertz CT molecular complexity index is 254.